The molecule has 0 saturated carbocycles. The summed E-state index contributed by atoms with van der Waals surface area (Å²) in [5.41, 5.74) is 7.37. The van der Waals surface area contributed by atoms with Crippen LogP contribution in [0.25, 0.3) is 10.9 Å². The van der Waals surface area contributed by atoms with E-state index in [0.717, 1.165) is 5.39 Å². The number of amides is 1. The zero-order valence-corrected chi connectivity index (χ0v) is 15.1. The lowest BCUT2D eigenvalue weighted by Crippen LogP contribution is -2.19. The predicted molar refractivity (Wildman–Crippen MR) is 103 cm³/mol. The molecule has 4 N–H and O–H groups in total. The first-order valence-electron chi connectivity index (χ1n) is 7.96. The Morgan fingerprint density at radius 1 is 1.27 bits per heavy atom. The minimum absolute atomic E-state index is 0.215. The third-order valence-electron chi connectivity index (χ3n) is 4.14. The number of carbonyl (C=O) groups excluding carboxylic acids is 1. The van der Waals surface area contributed by atoms with Gasteiger partial charge >= 0.3 is 0 Å². The number of aromatic amines is 1. The van der Waals surface area contributed by atoms with Crippen LogP contribution in [0.4, 0.5) is 5.69 Å². The SMILES string of the molecule is COc1cc2[nH]c(=O)c(C(C)Nc3cccc(C(N)=O)c3)cc2cc1Cl. The van der Waals surface area contributed by atoms with Gasteiger partial charge in [-0.05, 0) is 37.3 Å². The fourth-order valence-electron chi connectivity index (χ4n) is 2.79. The maximum Gasteiger partial charge on any atom is 0.253 e. The molecule has 3 rings (SSSR count). The summed E-state index contributed by atoms with van der Waals surface area (Å²) in [7, 11) is 1.52. The first-order chi connectivity index (χ1) is 12.4. The molecule has 0 saturated heterocycles. The second-order valence-electron chi connectivity index (χ2n) is 5.94. The van der Waals surface area contributed by atoms with E-state index in [-0.39, 0.29) is 11.6 Å². The Hall–Kier alpha value is -2.99. The van der Waals surface area contributed by atoms with E-state index in [4.69, 9.17) is 22.1 Å². The van der Waals surface area contributed by atoms with Crippen LogP contribution in [0.15, 0.2) is 47.3 Å². The van der Waals surface area contributed by atoms with Gasteiger partial charge in [0.1, 0.15) is 5.75 Å². The summed E-state index contributed by atoms with van der Waals surface area (Å²) in [4.78, 5) is 26.6. The maximum atomic E-state index is 12.5. The number of fused-ring (bicyclic) bond motifs is 1. The zero-order chi connectivity index (χ0) is 18.8. The van der Waals surface area contributed by atoms with Crippen molar-refractivity contribution in [2.24, 2.45) is 5.73 Å². The molecule has 6 nitrogen and oxygen atoms in total. The molecule has 3 aromatic rings. The van der Waals surface area contributed by atoms with Crippen LogP contribution < -0.4 is 21.3 Å². The van der Waals surface area contributed by atoms with Crippen LogP contribution in [-0.2, 0) is 0 Å². The number of nitrogens with one attached hydrogen (secondary N) is 2. The highest BCUT2D eigenvalue weighted by molar-refractivity contribution is 6.32. The van der Waals surface area contributed by atoms with Gasteiger partial charge in [-0.25, -0.2) is 0 Å². The van der Waals surface area contributed by atoms with Gasteiger partial charge in [0.2, 0.25) is 5.91 Å². The standard InChI is InChI=1S/C19H18ClN3O3/c1-10(22-13-5-3-4-11(6-13)18(21)24)14-7-12-8-15(20)17(26-2)9-16(12)23-19(14)25/h3-10,22H,1-2H3,(H2,21,24)(H,23,25). The van der Waals surface area contributed by atoms with Crippen molar-refractivity contribution in [2.75, 3.05) is 12.4 Å². The Kier molecular flexibility index (Phi) is 4.86. The molecule has 1 unspecified atom stereocenters. The minimum atomic E-state index is -0.506. The molecule has 0 spiro atoms. The van der Waals surface area contributed by atoms with Crippen molar-refractivity contribution < 1.29 is 9.53 Å². The summed E-state index contributed by atoms with van der Waals surface area (Å²) in [6.45, 7) is 1.86. The van der Waals surface area contributed by atoms with Crippen LogP contribution in [0, 0.1) is 0 Å². The number of hydrogen-bond donors (Lipinski definition) is 3. The largest absolute Gasteiger partial charge is 0.495 e. The lowest BCUT2D eigenvalue weighted by atomic mass is 10.1. The molecular formula is C19H18ClN3O3. The minimum Gasteiger partial charge on any atom is -0.495 e. The van der Waals surface area contributed by atoms with E-state index in [2.05, 4.69) is 10.3 Å². The molecule has 0 bridgehead atoms. The highest BCUT2D eigenvalue weighted by Crippen LogP contribution is 2.29. The molecule has 1 amide bonds. The molecular weight excluding hydrogens is 354 g/mol. The maximum absolute atomic E-state index is 12.5. The number of rotatable bonds is 5. The van der Waals surface area contributed by atoms with Crippen molar-refractivity contribution in [1.82, 2.24) is 4.98 Å². The van der Waals surface area contributed by atoms with Gasteiger partial charge in [0.25, 0.3) is 5.56 Å². The van der Waals surface area contributed by atoms with E-state index in [1.54, 1.807) is 42.5 Å². The number of nitrogens with two attached hydrogens (primary N) is 1. The summed E-state index contributed by atoms with van der Waals surface area (Å²) in [5, 5.41) is 4.47. The molecule has 7 heteroatoms. The Morgan fingerprint density at radius 3 is 2.73 bits per heavy atom. The Morgan fingerprint density at radius 2 is 2.04 bits per heavy atom. The van der Waals surface area contributed by atoms with Crippen molar-refractivity contribution in [1.29, 1.82) is 0 Å². The quantitative estimate of drug-likeness (QED) is 0.639. The third kappa shape index (κ3) is 3.50. The monoisotopic (exact) mass is 371 g/mol. The molecule has 0 fully saturated rings. The third-order valence-corrected chi connectivity index (χ3v) is 4.44. The van der Waals surface area contributed by atoms with Crippen molar-refractivity contribution in [3.63, 3.8) is 0 Å². The average Bonchev–Trinajstić information content (AvgIpc) is 2.61. The van der Waals surface area contributed by atoms with Gasteiger partial charge in [0, 0.05) is 28.3 Å². The summed E-state index contributed by atoms with van der Waals surface area (Å²) >= 11 is 6.18. The summed E-state index contributed by atoms with van der Waals surface area (Å²) in [6, 6.07) is 11.7. The van der Waals surface area contributed by atoms with Crippen LogP contribution in [0.3, 0.4) is 0 Å². The Labute approximate surface area is 154 Å². The number of aromatic nitrogens is 1. The van der Waals surface area contributed by atoms with Crippen molar-refractivity contribution >= 4 is 34.1 Å². The summed E-state index contributed by atoms with van der Waals surface area (Å²) < 4.78 is 5.18. The van der Waals surface area contributed by atoms with Crippen LogP contribution in [0.5, 0.6) is 5.75 Å². The number of primary amides is 1. The van der Waals surface area contributed by atoms with E-state index in [9.17, 15) is 9.59 Å². The van der Waals surface area contributed by atoms with E-state index in [1.165, 1.54) is 7.11 Å². The number of H-pyrrole nitrogens is 1. The van der Waals surface area contributed by atoms with Crippen LogP contribution >= 0.6 is 11.6 Å². The molecule has 26 heavy (non-hydrogen) atoms. The first kappa shape index (κ1) is 17.8. The van der Waals surface area contributed by atoms with E-state index < -0.39 is 5.91 Å². The Bertz CT molecular complexity index is 1050. The molecule has 134 valence electrons. The lowest BCUT2D eigenvalue weighted by molar-refractivity contribution is 0.100. The second kappa shape index (κ2) is 7.09. The van der Waals surface area contributed by atoms with Crippen LogP contribution in [0.1, 0.15) is 28.9 Å². The van der Waals surface area contributed by atoms with Crippen LogP contribution in [0.2, 0.25) is 5.02 Å². The second-order valence-corrected chi connectivity index (χ2v) is 6.35. The molecule has 1 atom stereocenters. The smallest absolute Gasteiger partial charge is 0.253 e. The fraction of sp³-hybridized carbons (Fsp3) is 0.158. The summed E-state index contributed by atoms with van der Waals surface area (Å²) in [5.74, 6) is -0.00884. The number of halogens is 1. The predicted octanol–water partition coefficient (Wildman–Crippen LogP) is 3.46. The van der Waals surface area contributed by atoms with Gasteiger partial charge < -0.3 is 20.8 Å². The highest BCUT2D eigenvalue weighted by atomic mass is 35.5. The van der Waals surface area contributed by atoms with E-state index in [1.807, 2.05) is 6.92 Å². The number of methoxy groups -OCH3 is 1. The van der Waals surface area contributed by atoms with Gasteiger partial charge in [-0.15, -0.1) is 0 Å². The first-order valence-corrected chi connectivity index (χ1v) is 8.33. The number of hydrogen-bond acceptors (Lipinski definition) is 4. The van der Waals surface area contributed by atoms with Gasteiger partial charge in [0.05, 0.1) is 23.7 Å². The molecule has 2 aromatic carbocycles. The molecule has 0 aliphatic carbocycles. The normalized spacial score (nSPS) is 12.0. The fourth-order valence-corrected chi connectivity index (χ4v) is 3.04. The molecule has 1 heterocycles. The zero-order valence-electron chi connectivity index (χ0n) is 14.3. The van der Waals surface area contributed by atoms with Gasteiger partial charge in [-0.3, -0.25) is 9.59 Å². The molecule has 0 aliphatic rings. The van der Waals surface area contributed by atoms with Gasteiger partial charge in [-0.2, -0.15) is 0 Å². The number of pyridine rings is 1. The number of ether oxygens (including phenoxy) is 1. The van der Waals surface area contributed by atoms with E-state index in [0.29, 0.717) is 33.1 Å². The van der Waals surface area contributed by atoms with Crippen LogP contribution in [-0.4, -0.2) is 18.0 Å². The number of carbonyl (C=O) groups is 1. The van der Waals surface area contributed by atoms with E-state index >= 15 is 0 Å². The highest BCUT2D eigenvalue weighted by Gasteiger charge is 2.13. The Balaban J connectivity index is 1.96. The molecule has 0 aliphatic heterocycles. The lowest BCUT2D eigenvalue weighted by Gasteiger charge is -2.16. The molecule has 1 aromatic heterocycles. The number of anilines is 1. The summed E-state index contributed by atoms with van der Waals surface area (Å²) in [6.07, 6.45) is 0. The van der Waals surface area contributed by atoms with Gasteiger partial charge in [0.15, 0.2) is 0 Å². The molecule has 0 radical (unpaired) electrons. The van der Waals surface area contributed by atoms with Gasteiger partial charge in [-0.1, -0.05) is 17.7 Å². The number of benzene rings is 2. The van der Waals surface area contributed by atoms with Crippen molar-refractivity contribution in [2.45, 2.75) is 13.0 Å². The van der Waals surface area contributed by atoms with Crippen molar-refractivity contribution in [3.8, 4) is 5.75 Å². The topological polar surface area (TPSA) is 97.2 Å². The van der Waals surface area contributed by atoms with Crippen molar-refractivity contribution in [3.05, 3.63) is 69.0 Å². The average molecular weight is 372 g/mol.